The minimum absolute atomic E-state index is 0.126. The molecule has 0 radical (unpaired) electrons. The molecule has 0 saturated carbocycles. The molecule has 5 heteroatoms. The largest absolute Gasteiger partial charge is 0.458 e. The molecule has 0 spiro atoms. The van der Waals surface area contributed by atoms with E-state index in [1.807, 2.05) is 43.3 Å². The minimum atomic E-state index is -0.335. The van der Waals surface area contributed by atoms with E-state index in [1.54, 1.807) is 6.07 Å². The third-order valence-corrected chi connectivity index (χ3v) is 3.24. The van der Waals surface area contributed by atoms with E-state index in [4.69, 9.17) is 9.15 Å². The van der Waals surface area contributed by atoms with Gasteiger partial charge in [0.2, 0.25) is 0 Å². The van der Waals surface area contributed by atoms with E-state index in [1.165, 1.54) is 6.92 Å². The van der Waals surface area contributed by atoms with Crippen molar-refractivity contribution in [3.63, 3.8) is 0 Å². The lowest BCUT2D eigenvalue weighted by Gasteiger charge is -1.97. The van der Waals surface area contributed by atoms with Gasteiger partial charge in [0.05, 0.1) is 5.69 Å². The number of furan rings is 1. The maximum absolute atomic E-state index is 10.8. The average Bonchev–Trinajstić information content (AvgIpc) is 3.12. The fourth-order valence-corrected chi connectivity index (χ4v) is 2.21. The molecule has 5 nitrogen and oxygen atoms in total. The first kappa shape index (κ1) is 14.1. The van der Waals surface area contributed by atoms with Gasteiger partial charge in [0, 0.05) is 18.2 Å². The molecule has 0 aliphatic rings. The molecule has 1 N–H and O–H groups in total. The number of esters is 1. The van der Waals surface area contributed by atoms with Crippen LogP contribution in [0.1, 0.15) is 18.4 Å². The van der Waals surface area contributed by atoms with Crippen molar-refractivity contribution in [3.8, 4) is 22.8 Å². The summed E-state index contributed by atoms with van der Waals surface area (Å²) in [5.74, 6) is 1.52. The second kappa shape index (κ2) is 5.89. The van der Waals surface area contributed by atoms with E-state index in [0.29, 0.717) is 17.3 Å². The van der Waals surface area contributed by atoms with Crippen LogP contribution < -0.4 is 0 Å². The van der Waals surface area contributed by atoms with Gasteiger partial charge >= 0.3 is 5.97 Å². The van der Waals surface area contributed by atoms with Crippen molar-refractivity contribution < 1.29 is 13.9 Å². The molecule has 22 heavy (non-hydrogen) atoms. The number of hydrogen-bond acceptors (Lipinski definition) is 4. The van der Waals surface area contributed by atoms with E-state index < -0.39 is 0 Å². The molecular weight excluding hydrogens is 280 g/mol. The van der Waals surface area contributed by atoms with Gasteiger partial charge < -0.3 is 14.1 Å². The Morgan fingerprint density at radius 2 is 2.00 bits per heavy atom. The number of H-pyrrole nitrogens is 1. The first-order valence-electron chi connectivity index (χ1n) is 6.98. The number of carbonyl (C=O) groups is 1. The maximum Gasteiger partial charge on any atom is 0.303 e. The molecule has 2 aromatic heterocycles. The third kappa shape index (κ3) is 2.93. The van der Waals surface area contributed by atoms with E-state index in [9.17, 15) is 4.79 Å². The average molecular weight is 296 g/mol. The maximum atomic E-state index is 10.8. The molecule has 2 heterocycles. The SMILES string of the molecule is CC(=O)OCc1ccc(-c2nc(-c3ccccc3)c(C)[nH]2)o1. The topological polar surface area (TPSA) is 68.1 Å². The molecule has 1 aromatic carbocycles. The summed E-state index contributed by atoms with van der Waals surface area (Å²) in [7, 11) is 0. The van der Waals surface area contributed by atoms with E-state index >= 15 is 0 Å². The molecule has 3 rings (SSSR count). The molecule has 0 amide bonds. The Balaban J connectivity index is 1.86. The highest BCUT2D eigenvalue weighted by molar-refractivity contribution is 5.66. The first-order chi connectivity index (χ1) is 10.6. The number of aryl methyl sites for hydroxylation is 1. The highest BCUT2D eigenvalue weighted by Crippen LogP contribution is 2.26. The van der Waals surface area contributed by atoms with Gasteiger partial charge in [-0.1, -0.05) is 30.3 Å². The van der Waals surface area contributed by atoms with Gasteiger partial charge in [-0.15, -0.1) is 0 Å². The molecule has 0 unspecified atom stereocenters. The fourth-order valence-electron chi connectivity index (χ4n) is 2.21. The van der Waals surface area contributed by atoms with Gasteiger partial charge in [-0.3, -0.25) is 4.79 Å². The lowest BCUT2D eigenvalue weighted by molar-refractivity contribution is -0.142. The van der Waals surface area contributed by atoms with Crippen LogP contribution >= 0.6 is 0 Å². The second-order valence-electron chi connectivity index (χ2n) is 4.97. The zero-order valence-corrected chi connectivity index (χ0v) is 12.4. The molecule has 0 aliphatic heterocycles. The van der Waals surface area contributed by atoms with Crippen LogP contribution in [0.25, 0.3) is 22.8 Å². The van der Waals surface area contributed by atoms with Crippen molar-refractivity contribution in [3.05, 3.63) is 53.9 Å². The normalized spacial score (nSPS) is 10.6. The number of ether oxygens (including phenoxy) is 1. The van der Waals surface area contributed by atoms with Crippen LogP contribution in [0.2, 0.25) is 0 Å². The summed E-state index contributed by atoms with van der Waals surface area (Å²) in [6, 6.07) is 13.5. The number of carbonyl (C=O) groups excluding carboxylic acids is 1. The van der Waals surface area contributed by atoms with Gasteiger partial charge in [-0.25, -0.2) is 4.98 Å². The zero-order valence-electron chi connectivity index (χ0n) is 12.4. The number of benzene rings is 1. The van der Waals surface area contributed by atoms with Crippen LogP contribution in [0.4, 0.5) is 0 Å². The van der Waals surface area contributed by atoms with Crippen molar-refractivity contribution in [1.82, 2.24) is 9.97 Å². The third-order valence-electron chi connectivity index (χ3n) is 3.24. The number of imidazole rings is 1. The number of nitrogens with zero attached hydrogens (tertiary/aromatic N) is 1. The predicted molar refractivity (Wildman–Crippen MR) is 81.9 cm³/mol. The van der Waals surface area contributed by atoms with Crippen LogP contribution in [-0.2, 0) is 16.1 Å². The number of hydrogen-bond donors (Lipinski definition) is 1. The summed E-state index contributed by atoms with van der Waals surface area (Å²) < 4.78 is 10.6. The van der Waals surface area contributed by atoms with Gasteiger partial charge in [0.25, 0.3) is 0 Å². The Morgan fingerprint density at radius 3 is 2.73 bits per heavy atom. The Hall–Kier alpha value is -2.82. The molecule has 0 atom stereocenters. The summed E-state index contributed by atoms with van der Waals surface area (Å²) in [5, 5.41) is 0. The standard InChI is InChI=1S/C17H16N2O3/c1-11-16(13-6-4-3-5-7-13)19-17(18-11)15-9-8-14(22-15)10-21-12(2)20/h3-9H,10H2,1-2H3,(H,18,19). The predicted octanol–water partition coefficient (Wildman–Crippen LogP) is 3.71. The Kier molecular flexibility index (Phi) is 3.78. The molecule has 0 aliphatic carbocycles. The van der Waals surface area contributed by atoms with Crippen LogP contribution in [0.5, 0.6) is 0 Å². The van der Waals surface area contributed by atoms with Crippen molar-refractivity contribution >= 4 is 5.97 Å². The van der Waals surface area contributed by atoms with Gasteiger partial charge in [0.1, 0.15) is 12.4 Å². The van der Waals surface area contributed by atoms with Gasteiger partial charge in [-0.2, -0.15) is 0 Å². The summed E-state index contributed by atoms with van der Waals surface area (Å²) in [6.45, 7) is 3.47. The minimum Gasteiger partial charge on any atom is -0.458 e. The lowest BCUT2D eigenvalue weighted by Crippen LogP contribution is -1.97. The molecular formula is C17H16N2O3. The smallest absolute Gasteiger partial charge is 0.303 e. The first-order valence-corrected chi connectivity index (χ1v) is 6.98. The number of nitrogens with one attached hydrogen (secondary N) is 1. The van der Waals surface area contributed by atoms with E-state index in [2.05, 4.69) is 9.97 Å². The Morgan fingerprint density at radius 1 is 1.23 bits per heavy atom. The lowest BCUT2D eigenvalue weighted by atomic mass is 10.1. The molecule has 3 aromatic rings. The molecule has 0 saturated heterocycles. The van der Waals surface area contributed by atoms with Crippen LogP contribution in [-0.4, -0.2) is 15.9 Å². The second-order valence-corrected chi connectivity index (χ2v) is 4.97. The van der Waals surface area contributed by atoms with Gasteiger partial charge in [0.15, 0.2) is 11.6 Å². The van der Waals surface area contributed by atoms with Crippen molar-refractivity contribution in [2.75, 3.05) is 0 Å². The quantitative estimate of drug-likeness (QED) is 0.745. The van der Waals surface area contributed by atoms with E-state index in [0.717, 1.165) is 17.0 Å². The van der Waals surface area contributed by atoms with Crippen molar-refractivity contribution in [2.45, 2.75) is 20.5 Å². The molecule has 112 valence electrons. The Labute approximate surface area is 128 Å². The van der Waals surface area contributed by atoms with Crippen LogP contribution in [0.15, 0.2) is 46.9 Å². The summed E-state index contributed by atoms with van der Waals surface area (Å²) in [4.78, 5) is 18.6. The highest BCUT2D eigenvalue weighted by atomic mass is 16.5. The van der Waals surface area contributed by atoms with Crippen LogP contribution in [0.3, 0.4) is 0 Å². The van der Waals surface area contributed by atoms with Crippen molar-refractivity contribution in [2.24, 2.45) is 0 Å². The highest BCUT2D eigenvalue weighted by Gasteiger charge is 2.13. The van der Waals surface area contributed by atoms with Gasteiger partial charge in [-0.05, 0) is 19.1 Å². The molecule has 0 bridgehead atoms. The van der Waals surface area contributed by atoms with Crippen molar-refractivity contribution in [1.29, 1.82) is 0 Å². The number of aromatic nitrogens is 2. The summed E-state index contributed by atoms with van der Waals surface area (Å²) in [6.07, 6.45) is 0. The number of aromatic amines is 1. The fraction of sp³-hybridized carbons (Fsp3) is 0.176. The summed E-state index contributed by atoms with van der Waals surface area (Å²) in [5.41, 5.74) is 2.92. The van der Waals surface area contributed by atoms with Crippen LogP contribution in [0, 0.1) is 6.92 Å². The Bertz CT molecular complexity index is 787. The zero-order chi connectivity index (χ0) is 15.5. The number of rotatable bonds is 4. The summed E-state index contributed by atoms with van der Waals surface area (Å²) >= 11 is 0. The molecule has 0 fully saturated rings. The van der Waals surface area contributed by atoms with E-state index in [-0.39, 0.29) is 12.6 Å². The monoisotopic (exact) mass is 296 g/mol.